The largest absolute Gasteiger partial charge is 0.310 e. The van der Waals surface area contributed by atoms with Crippen molar-refractivity contribution in [2.24, 2.45) is 0 Å². The molecule has 0 saturated heterocycles. The summed E-state index contributed by atoms with van der Waals surface area (Å²) in [6.45, 7) is 4.60. The SMILES string of the molecule is CCC(C)NCc1cc(F)cc(F)c1. The molecule has 3 heteroatoms. The highest BCUT2D eigenvalue weighted by atomic mass is 19.1. The van der Waals surface area contributed by atoms with E-state index in [0.717, 1.165) is 12.5 Å². The van der Waals surface area contributed by atoms with E-state index >= 15 is 0 Å². The van der Waals surface area contributed by atoms with Crippen LogP contribution in [0.4, 0.5) is 8.78 Å². The Morgan fingerprint density at radius 1 is 1.21 bits per heavy atom. The summed E-state index contributed by atoms with van der Waals surface area (Å²) in [6.07, 6.45) is 0.998. The predicted octanol–water partition coefficient (Wildman–Crippen LogP) is 2.85. The molecule has 1 aromatic carbocycles. The Balaban J connectivity index is 2.58. The second-order valence-electron chi connectivity index (χ2n) is 3.47. The lowest BCUT2D eigenvalue weighted by Crippen LogP contribution is -2.24. The molecule has 1 unspecified atom stereocenters. The minimum atomic E-state index is -0.522. The molecule has 0 radical (unpaired) electrons. The van der Waals surface area contributed by atoms with Gasteiger partial charge in [-0.25, -0.2) is 8.78 Å². The van der Waals surface area contributed by atoms with Crippen LogP contribution in [0.1, 0.15) is 25.8 Å². The van der Waals surface area contributed by atoms with Crippen molar-refractivity contribution in [3.8, 4) is 0 Å². The summed E-state index contributed by atoms with van der Waals surface area (Å²) in [5, 5.41) is 3.17. The number of halogens is 2. The van der Waals surface area contributed by atoms with E-state index < -0.39 is 11.6 Å². The molecule has 0 aromatic heterocycles. The summed E-state index contributed by atoms with van der Waals surface area (Å²) >= 11 is 0. The maximum atomic E-state index is 12.8. The van der Waals surface area contributed by atoms with Gasteiger partial charge in [0.15, 0.2) is 0 Å². The van der Waals surface area contributed by atoms with Gasteiger partial charge in [0, 0.05) is 18.7 Å². The third kappa shape index (κ3) is 3.42. The molecule has 0 spiro atoms. The first-order valence-corrected chi connectivity index (χ1v) is 4.80. The zero-order chi connectivity index (χ0) is 10.6. The summed E-state index contributed by atoms with van der Waals surface area (Å²) in [4.78, 5) is 0. The molecule has 1 rings (SSSR count). The standard InChI is InChI=1S/C11H15F2N/c1-3-8(2)14-7-9-4-10(12)6-11(13)5-9/h4-6,8,14H,3,7H2,1-2H3. The Kier molecular flexibility index (Phi) is 4.01. The van der Waals surface area contributed by atoms with Crippen LogP contribution in [-0.4, -0.2) is 6.04 Å². The van der Waals surface area contributed by atoms with Gasteiger partial charge in [0.1, 0.15) is 11.6 Å². The van der Waals surface area contributed by atoms with E-state index in [-0.39, 0.29) is 0 Å². The average molecular weight is 199 g/mol. The van der Waals surface area contributed by atoms with Gasteiger partial charge in [-0.15, -0.1) is 0 Å². The van der Waals surface area contributed by atoms with E-state index in [4.69, 9.17) is 0 Å². The fourth-order valence-corrected chi connectivity index (χ4v) is 1.15. The van der Waals surface area contributed by atoms with Crippen LogP contribution in [0.15, 0.2) is 18.2 Å². The maximum absolute atomic E-state index is 12.8. The predicted molar refractivity (Wildman–Crippen MR) is 53.0 cm³/mol. The van der Waals surface area contributed by atoms with Crippen LogP contribution in [-0.2, 0) is 6.54 Å². The fourth-order valence-electron chi connectivity index (χ4n) is 1.15. The van der Waals surface area contributed by atoms with Crippen LogP contribution >= 0.6 is 0 Å². The molecule has 0 aliphatic rings. The van der Waals surface area contributed by atoms with Gasteiger partial charge in [0.25, 0.3) is 0 Å². The average Bonchev–Trinajstić information content (AvgIpc) is 2.12. The zero-order valence-electron chi connectivity index (χ0n) is 8.48. The fraction of sp³-hybridized carbons (Fsp3) is 0.455. The molecule has 0 saturated carbocycles. The number of nitrogens with one attached hydrogen (secondary N) is 1. The number of rotatable bonds is 4. The summed E-state index contributed by atoms with van der Waals surface area (Å²) in [7, 11) is 0. The van der Waals surface area contributed by atoms with Gasteiger partial charge < -0.3 is 5.32 Å². The second-order valence-corrected chi connectivity index (χ2v) is 3.47. The number of hydrogen-bond donors (Lipinski definition) is 1. The molecule has 0 aliphatic carbocycles. The lowest BCUT2D eigenvalue weighted by atomic mass is 10.2. The number of hydrogen-bond acceptors (Lipinski definition) is 1. The van der Waals surface area contributed by atoms with Crippen molar-refractivity contribution >= 4 is 0 Å². The monoisotopic (exact) mass is 199 g/mol. The highest BCUT2D eigenvalue weighted by Gasteiger charge is 2.02. The van der Waals surface area contributed by atoms with Crippen molar-refractivity contribution in [3.05, 3.63) is 35.4 Å². The first-order valence-electron chi connectivity index (χ1n) is 4.80. The molecule has 1 aromatic rings. The minimum absolute atomic E-state index is 0.362. The molecule has 1 N–H and O–H groups in total. The van der Waals surface area contributed by atoms with Crippen molar-refractivity contribution in [1.82, 2.24) is 5.32 Å². The molecule has 0 amide bonds. The minimum Gasteiger partial charge on any atom is -0.310 e. The Hall–Kier alpha value is -0.960. The van der Waals surface area contributed by atoms with Crippen LogP contribution in [0.3, 0.4) is 0 Å². The molecule has 0 bridgehead atoms. The highest BCUT2D eigenvalue weighted by Crippen LogP contribution is 2.07. The van der Waals surface area contributed by atoms with Gasteiger partial charge >= 0.3 is 0 Å². The number of benzene rings is 1. The third-order valence-corrected chi connectivity index (χ3v) is 2.19. The van der Waals surface area contributed by atoms with Gasteiger partial charge in [-0.2, -0.15) is 0 Å². The normalized spacial score (nSPS) is 12.9. The molecule has 0 aliphatic heterocycles. The molecule has 78 valence electrons. The van der Waals surface area contributed by atoms with Crippen LogP contribution in [0, 0.1) is 11.6 Å². The molecule has 0 fully saturated rings. The quantitative estimate of drug-likeness (QED) is 0.786. The van der Waals surface area contributed by atoms with E-state index in [9.17, 15) is 8.78 Å². The molecule has 14 heavy (non-hydrogen) atoms. The summed E-state index contributed by atoms with van der Waals surface area (Å²) in [5.41, 5.74) is 0.641. The lowest BCUT2D eigenvalue weighted by Gasteiger charge is -2.11. The van der Waals surface area contributed by atoms with Crippen LogP contribution in [0.2, 0.25) is 0 Å². The first kappa shape index (κ1) is 11.1. The van der Waals surface area contributed by atoms with Crippen LogP contribution in [0.5, 0.6) is 0 Å². The van der Waals surface area contributed by atoms with Crippen molar-refractivity contribution in [2.45, 2.75) is 32.9 Å². The Labute approximate surface area is 83.1 Å². The summed E-state index contributed by atoms with van der Waals surface area (Å²) in [5.74, 6) is -1.04. The molecular weight excluding hydrogens is 184 g/mol. The van der Waals surface area contributed by atoms with E-state index in [1.165, 1.54) is 12.1 Å². The second kappa shape index (κ2) is 5.05. The van der Waals surface area contributed by atoms with Crippen LogP contribution < -0.4 is 5.32 Å². The third-order valence-electron chi connectivity index (χ3n) is 2.19. The van der Waals surface area contributed by atoms with E-state index in [0.29, 0.717) is 18.2 Å². The Bertz CT molecular complexity index is 279. The van der Waals surface area contributed by atoms with E-state index in [1.54, 1.807) is 0 Å². The van der Waals surface area contributed by atoms with Crippen LogP contribution in [0.25, 0.3) is 0 Å². The van der Waals surface area contributed by atoms with Crippen molar-refractivity contribution in [3.63, 3.8) is 0 Å². The summed E-state index contributed by atoms with van der Waals surface area (Å²) in [6, 6.07) is 3.94. The van der Waals surface area contributed by atoms with Gasteiger partial charge in [-0.3, -0.25) is 0 Å². The maximum Gasteiger partial charge on any atom is 0.126 e. The van der Waals surface area contributed by atoms with Crippen molar-refractivity contribution in [1.29, 1.82) is 0 Å². The molecule has 0 heterocycles. The Morgan fingerprint density at radius 3 is 2.29 bits per heavy atom. The van der Waals surface area contributed by atoms with Gasteiger partial charge in [0.2, 0.25) is 0 Å². The smallest absolute Gasteiger partial charge is 0.126 e. The zero-order valence-corrected chi connectivity index (χ0v) is 8.48. The summed E-state index contributed by atoms with van der Waals surface area (Å²) < 4.78 is 25.5. The highest BCUT2D eigenvalue weighted by molar-refractivity contribution is 5.17. The molecule has 1 atom stereocenters. The van der Waals surface area contributed by atoms with E-state index in [1.807, 2.05) is 6.92 Å². The Morgan fingerprint density at radius 2 is 1.79 bits per heavy atom. The lowest BCUT2D eigenvalue weighted by molar-refractivity contribution is 0.526. The van der Waals surface area contributed by atoms with Gasteiger partial charge in [0.05, 0.1) is 0 Å². The van der Waals surface area contributed by atoms with Crippen molar-refractivity contribution in [2.75, 3.05) is 0 Å². The first-order chi connectivity index (χ1) is 6.61. The topological polar surface area (TPSA) is 12.0 Å². The molecule has 1 nitrogen and oxygen atoms in total. The van der Waals surface area contributed by atoms with Gasteiger partial charge in [-0.1, -0.05) is 6.92 Å². The van der Waals surface area contributed by atoms with Gasteiger partial charge in [-0.05, 0) is 31.0 Å². The molecular formula is C11H15F2N. The van der Waals surface area contributed by atoms with Crippen molar-refractivity contribution < 1.29 is 8.78 Å². The van der Waals surface area contributed by atoms with E-state index in [2.05, 4.69) is 12.2 Å².